The second kappa shape index (κ2) is 7.49. The van der Waals surface area contributed by atoms with Crippen LogP contribution in [0.15, 0.2) is 71.3 Å². The summed E-state index contributed by atoms with van der Waals surface area (Å²) in [4.78, 5) is 24.1. The smallest absolute Gasteiger partial charge is 0.291 e. The molecule has 2 N–H and O–H groups in total. The van der Waals surface area contributed by atoms with Gasteiger partial charge in [-0.1, -0.05) is 30.3 Å². The molecule has 0 aliphatic heterocycles. The average Bonchev–Trinajstić information content (AvgIpc) is 3.16. The van der Waals surface area contributed by atoms with Gasteiger partial charge in [0, 0.05) is 17.8 Å². The number of rotatable bonds is 5. The summed E-state index contributed by atoms with van der Waals surface area (Å²) in [7, 11) is 0. The largest absolute Gasteiger partial charge is 0.459 e. The predicted molar refractivity (Wildman–Crippen MR) is 95.5 cm³/mol. The van der Waals surface area contributed by atoms with E-state index in [1.165, 1.54) is 6.26 Å². The van der Waals surface area contributed by atoms with E-state index < -0.39 is 0 Å². The molecule has 0 atom stereocenters. The van der Waals surface area contributed by atoms with Crippen molar-refractivity contribution in [3.8, 4) is 0 Å². The summed E-state index contributed by atoms with van der Waals surface area (Å²) in [5.74, 6) is -0.145. The number of nitrogens with one attached hydrogen (secondary N) is 2. The third-order valence-electron chi connectivity index (χ3n) is 3.80. The minimum atomic E-state index is -0.300. The van der Waals surface area contributed by atoms with Gasteiger partial charge in [0.15, 0.2) is 5.76 Å². The molecule has 3 rings (SSSR count). The Morgan fingerprint density at radius 2 is 1.68 bits per heavy atom. The molecule has 2 aromatic carbocycles. The van der Waals surface area contributed by atoms with Gasteiger partial charge in [0.2, 0.25) is 0 Å². The van der Waals surface area contributed by atoms with Crippen LogP contribution in [0, 0.1) is 6.92 Å². The number of amides is 2. The Hall–Kier alpha value is -3.34. The summed E-state index contributed by atoms with van der Waals surface area (Å²) < 4.78 is 5.05. The van der Waals surface area contributed by atoms with Crippen molar-refractivity contribution >= 4 is 17.5 Å². The van der Waals surface area contributed by atoms with Crippen molar-refractivity contribution in [2.75, 3.05) is 5.32 Å². The number of hydrogen-bond donors (Lipinski definition) is 2. The zero-order chi connectivity index (χ0) is 17.6. The van der Waals surface area contributed by atoms with E-state index in [4.69, 9.17) is 4.42 Å². The number of carbonyl (C=O) groups is 2. The lowest BCUT2D eigenvalue weighted by atomic mass is 10.1. The van der Waals surface area contributed by atoms with Gasteiger partial charge in [-0.3, -0.25) is 9.59 Å². The Morgan fingerprint density at radius 1 is 0.920 bits per heavy atom. The Kier molecular flexibility index (Phi) is 4.95. The number of benzene rings is 2. The van der Waals surface area contributed by atoms with E-state index in [0.29, 0.717) is 17.8 Å². The van der Waals surface area contributed by atoms with Crippen LogP contribution < -0.4 is 10.6 Å². The highest BCUT2D eigenvalue weighted by Crippen LogP contribution is 2.12. The van der Waals surface area contributed by atoms with Gasteiger partial charge in [-0.25, -0.2) is 0 Å². The normalized spacial score (nSPS) is 10.3. The first-order valence-electron chi connectivity index (χ1n) is 7.91. The molecular formula is C20H18N2O3. The Bertz CT molecular complexity index is 868. The van der Waals surface area contributed by atoms with E-state index in [-0.39, 0.29) is 17.6 Å². The molecule has 5 nitrogen and oxygen atoms in total. The fraction of sp³-hybridized carbons (Fsp3) is 0.100. The molecule has 5 heteroatoms. The first-order chi connectivity index (χ1) is 12.1. The molecule has 0 saturated heterocycles. The number of aryl methyl sites for hydroxylation is 1. The molecule has 2 amide bonds. The summed E-state index contributed by atoms with van der Waals surface area (Å²) >= 11 is 0. The van der Waals surface area contributed by atoms with E-state index >= 15 is 0 Å². The van der Waals surface area contributed by atoms with E-state index in [9.17, 15) is 9.59 Å². The highest BCUT2D eigenvalue weighted by Gasteiger charge is 2.09. The standard InChI is InChI=1S/C20H18N2O3/c1-14-5-2-3-6-17(14)19(23)21-13-15-8-10-16(11-9-15)22-20(24)18-7-4-12-25-18/h2-12H,13H2,1H3,(H,21,23)(H,22,24). The van der Waals surface area contributed by atoms with Crippen molar-refractivity contribution in [3.63, 3.8) is 0 Å². The summed E-state index contributed by atoms with van der Waals surface area (Å²) in [6.45, 7) is 2.32. The Balaban J connectivity index is 1.57. The number of carbonyl (C=O) groups excluding carboxylic acids is 2. The van der Waals surface area contributed by atoms with Crippen LogP contribution in [-0.4, -0.2) is 11.8 Å². The maximum atomic E-state index is 12.2. The lowest BCUT2D eigenvalue weighted by molar-refractivity contribution is 0.0949. The molecule has 0 unspecified atom stereocenters. The van der Waals surface area contributed by atoms with Gasteiger partial charge in [-0.2, -0.15) is 0 Å². The van der Waals surface area contributed by atoms with E-state index in [0.717, 1.165) is 11.1 Å². The first-order valence-corrected chi connectivity index (χ1v) is 7.91. The molecule has 1 heterocycles. The molecule has 0 saturated carbocycles. The van der Waals surface area contributed by atoms with Crippen LogP contribution in [0.5, 0.6) is 0 Å². The van der Waals surface area contributed by atoms with Crippen molar-refractivity contribution in [1.29, 1.82) is 0 Å². The number of furan rings is 1. The van der Waals surface area contributed by atoms with Crippen LogP contribution in [0.3, 0.4) is 0 Å². The summed E-state index contributed by atoms with van der Waals surface area (Å²) in [5.41, 5.74) is 3.22. The summed E-state index contributed by atoms with van der Waals surface area (Å²) in [5, 5.41) is 5.65. The third-order valence-corrected chi connectivity index (χ3v) is 3.80. The SMILES string of the molecule is Cc1ccccc1C(=O)NCc1ccc(NC(=O)c2ccco2)cc1. The molecule has 126 valence electrons. The monoisotopic (exact) mass is 334 g/mol. The zero-order valence-electron chi connectivity index (χ0n) is 13.8. The van der Waals surface area contributed by atoms with Crippen molar-refractivity contribution in [2.24, 2.45) is 0 Å². The van der Waals surface area contributed by atoms with Gasteiger partial charge in [-0.15, -0.1) is 0 Å². The van der Waals surface area contributed by atoms with Gasteiger partial charge in [0.05, 0.1) is 6.26 Å². The average molecular weight is 334 g/mol. The van der Waals surface area contributed by atoms with E-state index in [2.05, 4.69) is 10.6 Å². The molecule has 1 aromatic heterocycles. The van der Waals surface area contributed by atoms with Gasteiger partial charge in [-0.05, 0) is 48.4 Å². The quantitative estimate of drug-likeness (QED) is 0.746. The third kappa shape index (κ3) is 4.14. The molecule has 3 aromatic rings. The summed E-state index contributed by atoms with van der Waals surface area (Å²) in [6, 6.07) is 18.0. The molecule has 0 bridgehead atoms. The fourth-order valence-electron chi connectivity index (χ4n) is 2.41. The number of anilines is 1. The van der Waals surface area contributed by atoms with Crippen molar-refractivity contribution in [2.45, 2.75) is 13.5 Å². The van der Waals surface area contributed by atoms with E-state index in [1.54, 1.807) is 30.3 Å². The van der Waals surface area contributed by atoms with Gasteiger partial charge >= 0.3 is 0 Å². The van der Waals surface area contributed by atoms with Crippen LogP contribution in [0.2, 0.25) is 0 Å². The topological polar surface area (TPSA) is 71.3 Å². The lowest BCUT2D eigenvalue weighted by Crippen LogP contribution is -2.23. The van der Waals surface area contributed by atoms with Crippen LogP contribution in [-0.2, 0) is 6.54 Å². The zero-order valence-corrected chi connectivity index (χ0v) is 13.8. The lowest BCUT2D eigenvalue weighted by Gasteiger charge is -2.08. The van der Waals surface area contributed by atoms with Crippen LogP contribution >= 0.6 is 0 Å². The highest BCUT2D eigenvalue weighted by molar-refractivity contribution is 6.02. The molecular weight excluding hydrogens is 316 g/mol. The fourth-order valence-corrected chi connectivity index (χ4v) is 2.41. The number of hydrogen-bond acceptors (Lipinski definition) is 3. The second-order valence-corrected chi connectivity index (χ2v) is 5.63. The first kappa shape index (κ1) is 16.5. The van der Waals surface area contributed by atoms with Crippen molar-refractivity contribution in [1.82, 2.24) is 5.32 Å². The van der Waals surface area contributed by atoms with Crippen molar-refractivity contribution < 1.29 is 14.0 Å². The molecule has 0 fully saturated rings. The molecule has 0 aliphatic rings. The maximum absolute atomic E-state index is 12.2. The van der Waals surface area contributed by atoms with Crippen molar-refractivity contribution in [3.05, 3.63) is 89.4 Å². The van der Waals surface area contributed by atoms with E-state index in [1.807, 2.05) is 37.3 Å². The second-order valence-electron chi connectivity index (χ2n) is 5.63. The van der Waals surface area contributed by atoms with Crippen LogP contribution in [0.1, 0.15) is 32.0 Å². The van der Waals surface area contributed by atoms with Crippen LogP contribution in [0.4, 0.5) is 5.69 Å². The predicted octanol–water partition coefficient (Wildman–Crippen LogP) is 3.77. The molecule has 0 radical (unpaired) electrons. The molecule has 0 spiro atoms. The van der Waals surface area contributed by atoms with Gasteiger partial charge in [0.25, 0.3) is 11.8 Å². The molecule has 0 aliphatic carbocycles. The Morgan fingerprint density at radius 3 is 2.36 bits per heavy atom. The summed E-state index contributed by atoms with van der Waals surface area (Å²) in [6.07, 6.45) is 1.45. The minimum Gasteiger partial charge on any atom is -0.459 e. The minimum absolute atomic E-state index is 0.103. The van der Waals surface area contributed by atoms with Gasteiger partial charge in [0.1, 0.15) is 0 Å². The van der Waals surface area contributed by atoms with Gasteiger partial charge < -0.3 is 15.1 Å². The molecule has 25 heavy (non-hydrogen) atoms. The highest BCUT2D eigenvalue weighted by atomic mass is 16.3. The maximum Gasteiger partial charge on any atom is 0.291 e. The Labute approximate surface area is 145 Å². The van der Waals surface area contributed by atoms with Crippen LogP contribution in [0.25, 0.3) is 0 Å².